The molecule has 7 nitrogen and oxygen atoms in total. The van der Waals surface area contributed by atoms with Crippen LogP contribution in [0.5, 0.6) is 0 Å². The van der Waals surface area contributed by atoms with Gasteiger partial charge in [-0.2, -0.15) is 0 Å². The number of nitrogens with one attached hydrogen (secondary N) is 1. The molecule has 4 rings (SSSR count). The molecular formula is C24H25ClN4O3S. The zero-order chi connectivity index (χ0) is 23.8. The molecule has 0 bridgehead atoms. The van der Waals surface area contributed by atoms with Gasteiger partial charge in [-0.1, -0.05) is 43.9 Å². The minimum atomic E-state index is -4.06. The Balaban J connectivity index is 2.03. The summed E-state index contributed by atoms with van der Waals surface area (Å²) in [4.78, 5) is 17.8. The summed E-state index contributed by atoms with van der Waals surface area (Å²) in [5.41, 5.74) is 1.10. The Morgan fingerprint density at radius 2 is 1.79 bits per heavy atom. The second-order valence-electron chi connectivity index (χ2n) is 8.12. The van der Waals surface area contributed by atoms with E-state index in [0.29, 0.717) is 22.9 Å². The highest BCUT2D eigenvalue weighted by molar-refractivity contribution is 7.91. The Hall–Kier alpha value is -2.97. The lowest BCUT2D eigenvalue weighted by Crippen LogP contribution is -2.30. The van der Waals surface area contributed by atoms with Gasteiger partial charge in [0.05, 0.1) is 10.3 Å². The van der Waals surface area contributed by atoms with Gasteiger partial charge in [-0.05, 0) is 55.3 Å². The molecular weight excluding hydrogens is 460 g/mol. The van der Waals surface area contributed by atoms with Crippen molar-refractivity contribution in [3.63, 3.8) is 0 Å². The van der Waals surface area contributed by atoms with Crippen LogP contribution in [0.15, 0.2) is 63.2 Å². The van der Waals surface area contributed by atoms with Crippen molar-refractivity contribution in [2.75, 3.05) is 0 Å². The van der Waals surface area contributed by atoms with E-state index in [0.717, 1.165) is 31.2 Å². The lowest BCUT2D eigenvalue weighted by Gasteiger charge is -2.15. The Morgan fingerprint density at radius 1 is 1.06 bits per heavy atom. The highest BCUT2D eigenvalue weighted by atomic mass is 35.5. The zero-order valence-corrected chi connectivity index (χ0v) is 20.1. The number of aromatic nitrogens is 3. The lowest BCUT2D eigenvalue weighted by atomic mass is 10.2. The average Bonchev–Trinajstić information content (AvgIpc) is 2.78. The third-order valence-electron chi connectivity index (χ3n) is 5.67. The van der Waals surface area contributed by atoms with Crippen LogP contribution in [0.25, 0.3) is 16.7 Å². The topological polar surface area (TPSA) is 97.3 Å². The van der Waals surface area contributed by atoms with Crippen LogP contribution in [-0.4, -0.2) is 22.4 Å². The van der Waals surface area contributed by atoms with E-state index in [1.165, 1.54) is 34.7 Å². The molecule has 1 aromatic carbocycles. The number of hydrogen-bond acceptors (Lipinski definition) is 5. The predicted molar refractivity (Wildman–Crippen MR) is 129 cm³/mol. The summed E-state index contributed by atoms with van der Waals surface area (Å²) in [7, 11) is -4.06. The molecule has 3 aromatic heterocycles. The number of halogens is 1. The Kier molecular flexibility index (Phi) is 6.41. The molecule has 0 fully saturated rings. The van der Waals surface area contributed by atoms with Crippen molar-refractivity contribution in [2.45, 2.75) is 55.9 Å². The molecule has 33 heavy (non-hydrogen) atoms. The minimum Gasteiger partial charge on any atom is -0.310 e. The number of aryl methyl sites for hydroxylation is 2. The molecule has 172 valence electrons. The first-order chi connectivity index (χ1) is 15.7. The summed E-state index contributed by atoms with van der Waals surface area (Å²) in [5, 5.41) is 9.35. The van der Waals surface area contributed by atoms with Crippen molar-refractivity contribution < 1.29 is 8.42 Å². The van der Waals surface area contributed by atoms with Crippen LogP contribution in [0.2, 0.25) is 5.02 Å². The second-order valence-corrected chi connectivity index (χ2v) is 10.5. The molecule has 0 saturated heterocycles. The maximum absolute atomic E-state index is 13.5. The highest BCUT2D eigenvalue weighted by Gasteiger charge is 2.24. The van der Waals surface area contributed by atoms with Crippen LogP contribution in [0.4, 0.5) is 0 Å². The average molecular weight is 485 g/mol. The molecule has 9 heteroatoms. The van der Waals surface area contributed by atoms with E-state index >= 15 is 0 Å². The number of nitrogens with zero attached hydrogens (tertiary/aromatic N) is 3. The number of pyridine rings is 2. The molecule has 0 aliphatic heterocycles. The maximum Gasteiger partial charge on any atom is 0.267 e. The van der Waals surface area contributed by atoms with Gasteiger partial charge in [0.2, 0.25) is 9.84 Å². The van der Waals surface area contributed by atoms with Gasteiger partial charge in [-0.3, -0.25) is 14.6 Å². The highest BCUT2D eigenvalue weighted by Crippen LogP contribution is 2.22. The number of sulfone groups is 1. The summed E-state index contributed by atoms with van der Waals surface area (Å²) in [6.45, 7) is 4.37. The van der Waals surface area contributed by atoms with E-state index < -0.39 is 9.84 Å². The molecule has 3 heterocycles. The van der Waals surface area contributed by atoms with Crippen LogP contribution in [-0.2, 0) is 16.4 Å². The molecule has 0 amide bonds. The van der Waals surface area contributed by atoms with E-state index in [4.69, 9.17) is 17.0 Å². The SMILES string of the molecule is CCCCCCn1c(=N)c(S(=O)(=O)c2ccc(Cl)cc2)cc2c(=O)n3cc(C)ccc3nc21. The molecule has 4 aromatic rings. The Bertz CT molecular complexity index is 1570. The molecule has 0 radical (unpaired) electrons. The first-order valence-corrected chi connectivity index (χ1v) is 12.7. The molecule has 0 unspecified atom stereocenters. The smallest absolute Gasteiger partial charge is 0.267 e. The number of benzene rings is 1. The fraction of sp³-hybridized carbons (Fsp3) is 0.292. The van der Waals surface area contributed by atoms with Crippen molar-refractivity contribution in [1.82, 2.24) is 14.0 Å². The number of fused-ring (bicyclic) bond motifs is 2. The molecule has 1 N–H and O–H groups in total. The second kappa shape index (κ2) is 9.11. The standard InChI is InChI=1S/C24H25ClN4O3S/c1-3-4-5-6-13-28-22(26)20(33(31,32)18-10-8-17(25)9-11-18)14-19-23(28)27-21-12-7-16(2)15-29(21)24(19)30/h7-12,14-15,26H,3-6,13H2,1-2H3. The Morgan fingerprint density at radius 3 is 2.48 bits per heavy atom. The minimum absolute atomic E-state index is 0.0157. The molecule has 0 spiro atoms. The maximum atomic E-state index is 13.5. The summed E-state index contributed by atoms with van der Waals surface area (Å²) in [5.74, 6) is 0. The molecule has 0 aliphatic rings. The van der Waals surface area contributed by atoms with E-state index in [2.05, 4.69) is 11.9 Å². The summed E-state index contributed by atoms with van der Waals surface area (Å²) in [6, 6.07) is 10.7. The van der Waals surface area contributed by atoms with Crippen LogP contribution < -0.4 is 11.0 Å². The fourth-order valence-corrected chi connectivity index (χ4v) is 5.39. The summed E-state index contributed by atoms with van der Waals surface area (Å²) >= 11 is 5.93. The van der Waals surface area contributed by atoms with Gasteiger partial charge >= 0.3 is 0 Å². The monoisotopic (exact) mass is 484 g/mol. The van der Waals surface area contributed by atoms with Gasteiger partial charge in [0.1, 0.15) is 21.7 Å². The van der Waals surface area contributed by atoms with E-state index in [9.17, 15) is 13.2 Å². The van der Waals surface area contributed by atoms with Gasteiger partial charge in [-0.15, -0.1) is 0 Å². The predicted octanol–water partition coefficient (Wildman–Crippen LogP) is 4.50. The largest absolute Gasteiger partial charge is 0.310 e. The van der Waals surface area contributed by atoms with Gasteiger partial charge in [-0.25, -0.2) is 13.4 Å². The van der Waals surface area contributed by atoms with Crippen LogP contribution in [0, 0.1) is 12.3 Å². The van der Waals surface area contributed by atoms with Gasteiger partial charge in [0.15, 0.2) is 0 Å². The number of rotatable bonds is 7. The number of hydrogen-bond donors (Lipinski definition) is 1. The van der Waals surface area contributed by atoms with Crippen molar-refractivity contribution in [3.05, 3.63) is 75.1 Å². The van der Waals surface area contributed by atoms with Crippen molar-refractivity contribution >= 4 is 38.1 Å². The van der Waals surface area contributed by atoms with Crippen LogP contribution >= 0.6 is 11.6 Å². The van der Waals surface area contributed by atoms with E-state index in [1.54, 1.807) is 16.8 Å². The van der Waals surface area contributed by atoms with E-state index in [1.807, 2.05) is 13.0 Å². The Labute approximate surface area is 196 Å². The first-order valence-electron chi connectivity index (χ1n) is 10.9. The summed E-state index contributed by atoms with van der Waals surface area (Å²) < 4.78 is 29.9. The zero-order valence-electron chi connectivity index (χ0n) is 18.5. The third kappa shape index (κ3) is 4.32. The van der Waals surface area contributed by atoms with Crippen molar-refractivity contribution in [3.8, 4) is 0 Å². The lowest BCUT2D eigenvalue weighted by molar-refractivity contribution is 0.559. The van der Waals surface area contributed by atoms with Gasteiger partial charge in [0.25, 0.3) is 5.56 Å². The van der Waals surface area contributed by atoms with Crippen molar-refractivity contribution in [2.24, 2.45) is 0 Å². The number of unbranched alkanes of at least 4 members (excludes halogenated alkanes) is 3. The quantitative estimate of drug-likeness (QED) is 0.308. The van der Waals surface area contributed by atoms with Crippen LogP contribution in [0.1, 0.15) is 38.2 Å². The fourth-order valence-electron chi connectivity index (χ4n) is 3.88. The third-order valence-corrected chi connectivity index (χ3v) is 7.70. The molecule has 0 aliphatic carbocycles. The van der Waals surface area contributed by atoms with Crippen LogP contribution in [0.3, 0.4) is 0 Å². The molecule has 0 saturated carbocycles. The van der Waals surface area contributed by atoms with Gasteiger partial charge in [0, 0.05) is 17.8 Å². The first kappa shape index (κ1) is 23.2. The molecule has 0 atom stereocenters. The van der Waals surface area contributed by atoms with Crippen molar-refractivity contribution in [1.29, 1.82) is 5.41 Å². The van der Waals surface area contributed by atoms with Gasteiger partial charge < -0.3 is 4.57 Å². The summed E-state index contributed by atoms with van der Waals surface area (Å²) in [6.07, 6.45) is 5.45. The van der Waals surface area contributed by atoms with E-state index in [-0.39, 0.29) is 26.2 Å². The normalized spacial score (nSPS) is 12.0.